The molecule has 0 saturated heterocycles. The summed E-state index contributed by atoms with van der Waals surface area (Å²) in [6.45, 7) is 0. The third-order valence-electron chi connectivity index (χ3n) is 2.99. The number of rotatable bonds is 1. The van der Waals surface area contributed by atoms with Gasteiger partial charge in [0.1, 0.15) is 0 Å². The van der Waals surface area contributed by atoms with Gasteiger partial charge in [-0.1, -0.05) is 49.6 Å². The molecule has 3 nitrogen and oxygen atoms in total. The number of aliphatic hydroxyl groups is 1. The highest BCUT2D eigenvalue weighted by Crippen LogP contribution is 2.36. The minimum absolute atomic E-state index is 0.528. The molecule has 1 aliphatic carbocycles. The summed E-state index contributed by atoms with van der Waals surface area (Å²) in [7, 11) is 4.81. The molecule has 1 fully saturated rings. The predicted molar refractivity (Wildman–Crippen MR) is 74.0 cm³/mol. The van der Waals surface area contributed by atoms with Crippen LogP contribution in [0.1, 0.15) is 37.7 Å². The van der Waals surface area contributed by atoms with E-state index in [1.165, 1.54) is 6.42 Å². The maximum atomic E-state index is 10.3. The van der Waals surface area contributed by atoms with Crippen molar-refractivity contribution in [3.05, 3.63) is 35.9 Å². The Morgan fingerprint density at radius 3 is 1.89 bits per heavy atom. The fraction of sp³-hybridized carbons (Fsp3) is 0.500. The normalized spacial score (nSPS) is 18.6. The lowest BCUT2D eigenvalue weighted by molar-refractivity contribution is -0.000623. The molecule has 102 valence electrons. The molecule has 0 unspecified atom stereocenters. The van der Waals surface area contributed by atoms with Crippen molar-refractivity contribution >= 4 is 29.6 Å². The van der Waals surface area contributed by atoms with Crippen LogP contribution in [0.4, 0.5) is 0 Å². The van der Waals surface area contributed by atoms with E-state index in [1.54, 1.807) is 0 Å². The van der Waals surface area contributed by atoms with E-state index in [0.717, 1.165) is 31.2 Å². The minimum atomic E-state index is -3.72. The molecule has 1 saturated carbocycles. The molecule has 0 bridgehead atoms. The molecule has 0 aliphatic heterocycles. The van der Waals surface area contributed by atoms with Gasteiger partial charge in [0.15, 0.2) is 0 Å². The number of halogens is 2. The molecule has 2 rings (SSSR count). The Labute approximate surface area is 117 Å². The monoisotopic (exact) mass is 310 g/mol. The molecule has 0 aromatic heterocycles. The molecule has 0 spiro atoms. The quantitative estimate of drug-likeness (QED) is 0.807. The van der Waals surface area contributed by atoms with Gasteiger partial charge < -0.3 is 5.11 Å². The van der Waals surface area contributed by atoms with E-state index in [-0.39, 0.29) is 0 Å². The minimum Gasteiger partial charge on any atom is -0.385 e. The van der Waals surface area contributed by atoms with Crippen molar-refractivity contribution in [2.75, 3.05) is 0 Å². The molecule has 18 heavy (non-hydrogen) atoms. The van der Waals surface area contributed by atoms with E-state index in [1.807, 2.05) is 30.3 Å². The summed E-state index contributed by atoms with van der Waals surface area (Å²) in [4.78, 5) is 0. The molecular formula is C12H16Cl2O3S. The van der Waals surface area contributed by atoms with Crippen molar-refractivity contribution in [2.45, 2.75) is 37.7 Å². The van der Waals surface area contributed by atoms with E-state index >= 15 is 0 Å². The first kappa shape index (κ1) is 15.8. The summed E-state index contributed by atoms with van der Waals surface area (Å²) in [6, 6.07) is 10.1. The molecule has 0 radical (unpaired) electrons. The molecule has 0 heterocycles. The SMILES string of the molecule is O=S(=O)(Cl)Cl.OC1(c2ccccc2)CCCCC1. The highest BCUT2D eigenvalue weighted by molar-refractivity contribution is 8.31. The van der Waals surface area contributed by atoms with Gasteiger partial charge in [0.2, 0.25) is 0 Å². The van der Waals surface area contributed by atoms with Crippen molar-refractivity contribution in [3.8, 4) is 0 Å². The van der Waals surface area contributed by atoms with Gasteiger partial charge in [-0.2, -0.15) is 8.42 Å². The van der Waals surface area contributed by atoms with Crippen molar-refractivity contribution in [1.82, 2.24) is 0 Å². The number of hydrogen-bond acceptors (Lipinski definition) is 3. The first-order chi connectivity index (χ1) is 8.31. The lowest BCUT2D eigenvalue weighted by Crippen LogP contribution is -2.28. The fourth-order valence-electron chi connectivity index (χ4n) is 2.17. The Kier molecular flexibility index (Phi) is 5.92. The fourth-order valence-corrected chi connectivity index (χ4v) is 2.17. The second kappa shape index (κ2) is 6.75. The van der Waals surface area contributed by atoms with Gasteiger partial charge in [-0.15, -0.1) is 0 Å². The summed E-state index contributed by atoms with van der Waals surface area (Å²) >= 11 is 0. The highest BCUT2D eigenvalue weighted by Gasteiger charge is 2.30. The molecule has 6 heteroatoms. The van der Waals surface area contributed by atoms with E-state index in [2.05, 4.69) is 21.4 Å². The second-order valence-corrected chi connectivity index (χ2v) is 8.00. The molecule has 1 aromatic rings. The van der Waals surface area contributed by atoms with Gasteiger partial charge in [-0.05, 0) is 18.4 Å². The Bertz CT molecular complexity index is 445. The lowest BCUT2D eigenvalue weighted by Gasteiger charge is -2.32. The van der Waals surface area contributed by atoms with Gasteiger partial charge >= 0.3 is 8.26 Å². The molecule has 1 aliphatic rings. The van der Waals surface area contributed by atoms with Crippen LogP contribution in [0.15, 0.2) is 30.3 Å². The second-order valence-electron chi connectivity index (χ2n) is 4.34. The standard InChI is InChI=1S/C12H16O.Cl2O2S/c13-12(9-5-2-6-10-12)11-7-3-1-4-8-11;1-5(2,3)4/h1,3-4,7-8,13H,2,5-6,9-10H2;. The van der Waals surface area contributed by atoms with Gasteiger partial charge in [0.25, 0.3) is 0 Å². The third-order valence-corrected chi connectivity index (χ3v) is 2.99. The lowest BCUT2D eigenvalue weighted by atomic mass is 9.80. The van der Waals surface area contributed by atoms with E-state index in [0.29, 0.717) is 0 Å². The number of benzene rings is 1. The Morgan fingerprint density at radius 1 is 1.00 bits per heavy atom. The van der Waals surface area contributed by atoms with Crippen LogP contribution in [0.5, 0.6) is 0 Å². The van der Waals surface area contributed by atoms with Crippen molar-refractivity contribution < 1.29 is 13.5 Å². The Morgan fingerprint density at radius 2 is 1.44 bits per heavy atom. The molecule has 1 aromatic carbocycles. The summed E-state index contributed by atoms with van der Waals surface area (Å²) in [5.74, 6) is 0. The van der Waals surface area contributed by atoms with Crippen LogP contribution in [0.2, 0.25) is 0 Å². The van der Waals surface area contributed by atoms with E-state index < -0.39 is 13.9 Å². The summed E-state index contributed by atoms with van der Waals surface area (Å²) in [5.41, 5.74) is 0.564. The predicted octanol–water partition coefficient (Wildman–Crippen LogP) is 3.55. The van der Waals surface area contributed by atoms with Crippen LogP contribution in [-0.4, -0.2) is 13.5 Å². The average Bonchev–Trinajstić information content (AvgIpc) is 2.29. The zero-order chi connectivity index (χ0) is 13.6. The first-order valence-corrected chi connectivity index (χ1v) is 8.87. The zero-order valence-corrected chi connectivity index (χ0v) is 12.2. The van der Waals surface area contributed by atoms with Gasteiger partial charge in [0, 0.05) is 21.4 Å². The Hall–Kier alpha value is -0.290. The molecule has 0 atom stereocenters. The zero-order valence-electron chi connectivity index (χ0n) is 9.85. The topological polar surface area (TPSA) is 54.4 Å². The van der Waals surface area contributed by atoms with Gasteiger partial charge in [-0.25, -0.2) is 0 Å². The Balaban J connectivity index is 0.000000280. The van der Waals surface area contributed by atoms with E-state index in [4.69, 9.17) is 8.42 Å². The summed E-state index contributed by atoms with van der Waals surface area (Å²) in [5, 5.41) is 10.3. The third kappa shape index (κ3) is 6.05. The number of hydrogen-bond donors (Lipinski definition) is 1. The summed E-state index contributed by atoms with van der Waals surface area (Å²) < 4.78 is 18.3. The van der Waals surface area contributed by atoms with Crippen LogP contribution in [0, 0.1) is 0 Å². The maximum Gasteiger partial charge on any atom is 0.317 e. The van der Waals surface area contributed by atoms with Gasteiger partial charge in [0.05, 0.1) is 5.60 Å². The van der Waals surface area contributed by atoms with Gasteiger partial charge in [-0.3, -0.25) is 0 Å². The smallest absolute Gasteiger partial charge is 0.317 e. The summed E-state index contributed by atoms with van der Waals surface area (Å²) in [6.07, 6.45) is 5.44. The largest absolute Gasteiger partial charge is 0.385 e. The van der Waals surface area contributed by atoms with Crippen molar-refractivity contribution in [1.29, 1.82) is 0 Å². The average molecular weight is 311 g/mol. The van der Waals surface area contributed by atoms with E-state index in [9.17, 15) is 5.11 Å². The first-order valence-electron chi connectivity index (χ1n) is 5.73. The van der Waals surface area contributed by atoms with Crippen molar-refractivity contribution in [2.24, 2.45) is 0 Å². The van der Waals surface area contributed by atoms with Crippen LogP contribution in [0.25, 0.3) is 0 Å². The van der Waals surface area contributed by atoms with Crippen LogP contribution < -0.4 is 0 Å². The molecule has 0 amide bonds. The molecule has 1 N–H and O–H groups in total. The van der Waals surface area contributed by atoms with Crippen LogP contribution in [-0.2, 0) is 13.9 Å². The highest BCUT2D eigenvalue weighted by atomic mass is 36.0. The maximum absolute atomic E-state index is 10.3. The van der Waals surface area contributed by atoms with Crippen LogP contribution in [0.3, 0.4) is 0 Å². The van der Waals surface area contributed by atoms with Crippen LogP contribution >= 0.6 is 21.4 Å². The molecular weight excluding hydrogens is 295 g/mol. The van der Waals surface area contributed by atoms with Crippen molar-refractivity contribution in [3.63, 3.8) is 0 Å².